The number of hydrogen-bond donors (Lipinski definition) is 1. The first kappa shape index (κ1) is 13.5. The van der Waals surface area contributed by atoms with Gasteiger partial charge in [0.05, 0.1) is 3.79 Å². The second-order valence-electron chi connectivity index (χ2n) is 4.78. The van der Waals surface area contributed by atoms with E-state index in [1.54, 1.807) is 0 Å². The van der Waals surface area contributed by atoms with Gasteiger partial charge in [-0.2, -0.15) is 0 Å². The van der Waals surface area contributed by atoms with Crippen molar-refractivity contribution >= 4 is 27.3 Å². The van der Waals surface area contributed by atoms with Gasteiger partial charge >= 0.3 is 0 Å². The second kappa shape index (κ2) is 6.32. The fourth-order valence-corrected chi connectivity index (χ4v) is 4.08. The number of rotatable bonds is 5. The van der Waals surface area contributed by atoms with Crippen LogP contribution in [0.4, 0.5) is 0 Å². The van der Waals surface area contributed by atoms with Gasteiger partial charge < -0.3 is 10.1 Å². The van der Waals surface area contributed by atoms with E-state index < -0.39 is 0 Å². The molecule has 0 radical (unpaired) electrons. The van der Waals surface area contributed by atoms with E-state index in [-0.39, 0.29) is 0 Å². The zero-order chi connectivity index (χ0) is 12.1. The SMILES string of the molecule is CCNCC1(Cc2ccc(Br)s2)CCOCC1. The molecule has 2 rings (SSSR count). The van der Waals surface area contributed by atoms with Crippen molar-refractivity contribution in [3.8, 4) is 0 Å². The topological polar surface area (TPSA) is 21.3 Å². The summed E-state index contributed by atoms with van der Waals surface area (Å²) < 4.78 is 6.75. The molecular weight excluding hydrogens is 298 g/mol. The highest BCUT2D eigenvalue weighted by atomic mass is 79.9. The van der Waals surface area contributed by atoms with Crippen LogP contribution in [0.1, 0.15) is 24.6 Å². The molecule has 4 heteroatoms. The van der Waals surface area contributed by atoms with Crippen LogP contribution in [0.25, 0.3) is 0 Å². The monoisotopic (exact) mass is 317 g/mol. The molecule has 0 amide bonds. The summed E-state index contributed by atoms with van der Waals surface area (Å²) in [7, 11) is 0. The van der Waals surface area contributed by atoms with Crippen LogP contribution in [0.5, 0.6) is 0 Å². The van der Waals surface area contributed by atoms with Crippen molar-refractivity contribution in [2.45, 2.75) is 26.2 Å². The number of halogens is 1. The average Bonchev–Trinajstić information content (AvgIpc) is 2.73. The lowest BCUT2D eigenvalue weighted by molar-refractivity contribution is 0.0155. The largest absolute Gasteiger partial charge is 0.381 e. The molecule has 2 heterocycles. The van der Waals surface area contributed by atoms with Gasteiger partial charge in [0.2, 0.25) is 0 Å². The first-order valence-corrected chi connectivity index (χ1v) is 7.88. The van der Waals surface area contributed by atoms with E-state index in [9.17, 15) is 0 Å². The maximum Gasteiger partial charge on any atom is 0.0701 e. The van der Waals surface area contributed by atoms with Gasteiger partial charge in [-0.3, -0.25) is 0 Å². The maximum absolute atomic E-state index is 5.51. The lowest BCUT2D eigenvalue weighted by Crippen LogP contribution is -2.40. The van der Waals surface area contributed by atoms with E-state index in [1.807, 2.05) is 11.3 Å². The molecule has 96 valence electrons. The number of thiophene rings is 1. The minimum absolute atomic E-state index is 0.401. The standard InChI is InChI=1S/C13H20BrNOS/c1-2-15-10-13(5-7-16-8-6-13)9-11-3-4-12(14)17-11/h3-4,15H,2,5-10H2,1H3. The van der Waals surface area contributed by atoms with Crippen LogP contribution in [-0.4, -0.2) is 26.3 Å². The Labute approximate surface area is 116 Å². The highest BCUT2D eigenvalue weighted by Gasteiger charge is 2.32. The van der Waals surface area contributed by atoms with Crippen molar-refractivity contribution in [3.05, 3.63) is 20.8 Å². The van der Waals surface area contributed by atoms with Crippen molar-refractivity contribution in [1.82, 2.24) is 5.32 Å². The molecule has 1 aliphatic heterocycles. The van der Waals surface area contributed by atoms with Crippen LogP contribution in [-0.2, 0) is 11.2 Å². The van der Waals surface area contributed by atoms with Crippen LogP contribution in [0.3, 0.4) is 0 Å². The lowest BCUT2D eigenvalue weighted by Gasteiger charge is -2.37. The number of hydrogen-bond acceptors (Lipinski definition) is 3. The van der Waals surface area contributed by atoms with E-state index in [4.69, 9.17) is 4.74 Å². The molecule has 1 aromatic heterocycles. The lowest BCUT2D eigenvalue weighted by atomic mass is 9.77. The molecule has 0 spiro atoms. The predicted molar refractivity (Wildman–Crippen MR) is 76.8 cm³/mol. The molecular formula is C13H20BrNOS. The van der Waals surface area contributed by atoms with Crippen LogP contribution >= 0.6 is 27.3 Å². The molecule has 1 N–H and O–H groups in total. The third-order valence-electron chi connectivity index (χ3n) is 3.48. The van der Waals surface area contributed by atoms with Gasteiger partial charge in [-0.05, 0) is 59.3 Å². The first-order valence-electron chi connectivity index (χ1n) is 6.27. The van der Waals surface area contributed by atoms with Crippen molar-refractivity contribution in [2.75, 3.05) is 26.3 Å². The van der Waals surface area contributed by atoms with Crippen molar-refractivity contribution < 1.29 is 4.74 Å². The molecule has 0 unspecified atom stereocenters. The Bertz CT molecular complexity index is 347. The quantitative estimate of drug-likeness (QED) is 0.898. The zero-order valence-electron chi connectivity index (χ0n) is 10.3. The summed E-state index contributed by atoms with van der Waals surface area (Å²) in [5, 5.41) is 3.52. The Kier molecular flexibility index (Phi) is 5.03. The Morgan fingerprint density at radius 1 is 1.41 bits per heavy atom. The minimum atomic E-state index is 0.401. The molecule has 1 fully saturated rings. The molecule has 0 atom stereocenters. The number of ether oxygens (including phenoxy) is 1. The summed E-state index contributed by atoms with van der Waals surface area (Å²) in [6.45, 7) is 6.17. The molecule has 0 bridgehead atoms. The summed E-state index contributed by atoms with van der Waals surface area (Å²) in [5.74, 6) is 0. The van der Waals surface area contributed by atoms with Gasteiger partial charge in [-0.1, -0.05) is 6.92 Å². The van der Waals surface area contributed by atoms with E-state index in [0.29, 0.717) is 5.41 Å². The van der Waals surface area contributed by atoms with E-state index >= 15 is 0 Å². The van der Waals surface area contributed by atoms with E-state index in [1.165, 1.54) is 27.9 Å². The van der Waals surface area contributed by atoms with E-state index in [2.05, 4.69) is 40.3 Å². The summed E-state index contributed by atoms with van der Waals surface area (Å²) >= 11 is 5.41. The third-order valence-corrected chi connectivity index (χ3v) is 5.11. The average molecular weight is 318 g/mol. The highest BCUT2D eigenvalue weighted by molar-refractivity contribution is 9.11. The Hall–Kier alpha value is 0.1000. The fraction of sp³-hybridized carbons (Fsp3) is 0.692. The van der Waals surface area contributed by atoms with Crippen LogP contribution < -0.4 is 5.32 Å². The number of nitrogens with one attached hydrogen (secondary N) is 1. The van der Waals surface area contributed by atoms with Gasteiger partial charge in [0.1, 0.15) is 0 Å². The smallest absolute Gasteiger partial charge is 0.0701 e. The van der Waals surface area contributed by atoms with Gasteiger partial charge in [-0.25, -0.2) is 0 Å². The van der Waals surface area contributed by atoms with Gasteiger partial charge in [-0.15, -0.1) is 11.3 Å². The Balaban J connectivity index is 2.03. The molecule has 1 aromatic rings. The highest BCUT2D eigenvalue weighted by Crippen LogP contribution is 2.36. The summed E-state index contributed by atoms with van der Waals surface area (Å²) in [6.07, 6.45) is 3.53. The maximum atomic E-state index is 5.51. The van der Waals surface area contributed by atoms with Crippen molar-refractivity contribution in [1.29, 1.82) is 0 Å². The molecule has 1 aliphatic rings. The third kappa shape index (κ3) is 3.78. The fourth-order valence-electron chi connectivity index (χ4n) is 2.43. The Morgan fingerprint density at radius 2 is 2.18 bits per heavy atom. The van der Waals surface area contributed by atoms with Crippen LogP contribution in [0.15, 0.2) is 15.9 Å². The molecule has 1 saturated heterocycles. The minimum Gasteiger partial charge on any atom is -0.381 e. The van der Waals surface area contributed by atoms with Crippen molar-refractivity contribution in [2.24, 2.45) is 5.41 Å². The summed E-state index contributed by atoms with van der Waals surface area (Å²) in [4.78, 5) is 1.48. The summed E-state index contributed by atoms with van der Waals surface area (Å²) in [5.41, 5.74) is 0.401. The summed E-state index contributed by atoms with van der Waals surface area (Å²) in [6, 6.07) is 4.40. The Morgan fingerprint density at radius 3 is 2.76 bits per heavy atom. The molecule has 0 aliphatic carbocycles. The van der Waals surface area contributed by atoms with Crippen LogP contribution in [0, 0.1) is 5.41 Å². The molecule has 0 saturated carbocycles. The van der Waals surface area contributed by atoms with Crippen LogP contribution in [0.2, 0.25) is 0 Å². The molecule has 2 nitrogen and oxygen atoms in total. The van der Waals surface area contributed by atoms with E-state index in [0.717, 1.165) is 26.3 Å². The normalized spacial score (nSPS) is 19.4. The molecule has 17 heavy (non-hydrogen) atoms. The van der Waals surface area contributed by atoms with Gasteiger partial charge in [0.25, 0.3) is 0 Å². The van der Waals surface area contributed by atoms with Gasteiger partial charge in [0, 0.05) is 24.6 Å². The first-order chi connectivity index (χ1) is 8.24. The zero-order valence-corrected chi connectivity index (χ0v) is 12.7. The predicted octanol–water partition coefficient (Wildman–Crippen LogP) is 3.46. The molecule has 0 aromatic carbocycles. The van der Waals surface area contributed by atoms with Crippen molar-refractivity contribution in [3.63, 3.8) is 0 Å². The van der Waals surface area contributed by atoms with Gasteiger partial charge in [0.15, 0.2) is 0 Å². The second-order valence-corrected chi connectivity index (χ2v) is 7.32.